The van der Waals surface area contributed by atoms with Gasteiger partial charge in [0.05, 0.1) is 21.7 Å². The van der Waals surface area contributed by atoms with E-state index >= 15 is 0 Å². The largest absolute Gasteiger partial charge is 0.416 e. The fourth-order valence-corrected chi connectivity index (χ4v) is 5.52. The topological polar surface area (TPSA) is 70.6 Å². The first-order chi connectivity index (χ1) is 15.1. The molecule has 0 saturated carbocycles. The summed E-state index contributed by atoms with van der Waals surface area (Å²) in [6.45, 7) is 0.0456. The summed E-state index contributed by atoms with van der Waals surface area (Å²) in [5.41, 5.74) is 0.0189. The molecule has 1 aliphatic rings. The van der Waals surface area contributed by atoms with Crippen molar-refractivity contribution in [2.75, 3.05) is 26.2 Å². The average Bonchev–Trinajstić information content (AvgIpc) is 2.77. The summed E-state index contributed by atoms with van der Waals surface area (Å²) < 4.78 is 66.1. The van der Waals surface area contributed by atoms with E-state index in [-0.39, 0.29) is 37.1 Å². The monoisotopic (exact) mass is 483 g/mol. The van der Waals surface area contributed by atoms with Crippen LogP contribution in [0.2, 0.25) is 5.02 Å². The zero-order valence-corrected chi connectivity index (χ0v) is 18.1. The van der Waals surface area contributed by atoms with E-state index in [4.69, 9.17) is 11.6 Å². The number of carbonyl (C=O) groups is 1. The first-order valence-corrected chi connectivity index (χ1v) is 11.4. The minimum Gasteiger partial charge on any atom is -0.336 e. The maximum absolute atomic E-state index is 13.0. The number of sulfonamides is 1. The third-order valence-electron chi connectivity index (χ3n) is 5.28. The number of hydrogen-bond donors (Lipinski definition) is 0. The van der Waals surface area contributed by atoms with E-state index in [0.717, 1.165) is 16.4 Å². The smallest absolute Gasteiger partial charge is 0.336 e. The molecule has 0 radical (unpaired) electrons. The minimum absolute atomic E-state index is 0.0658. The van der Waals surface area contributed by atoms with E-state index in [1.54, 1.807) is 24.3 Å². The van der Waals surface area contributed by atoms with Crippen LogP contribution in [0.5, 0.6) is 0 Å². The molecule has 2 heterocycles. The summed E-state index contributed by atoms with van der Waals surface area (Å²) in [6, 6.07) is 11.0. The highest BCUT2D eigenvalue weighted by Crippen LogP contribution is 2.34. The van der Waals surface area contributed by atoms with Gasteiger partial charge in [-0.05, 0) is 30.3 Å². The second-order valence-corrected chi connectivity index (χ2v) is 9.53. The van der Waals surface area contributed by atoms with Gasteiger partial charge in [-0.1, -0.05) is 29.8 Å². The molecule has 4 rings (SSSR count). The fourth-order valence-electron chi connectivity index (χ4n) is 3.60. The van der Waals surface area contributed by atoms with Crippen molar-refractivity contribution in [1.82, 2.24) is 14.2 Å². The molecular formula is C21H17ClF3N3O3S. The molecule has 1 amide bonds. The summed E-state index contributed by atoms with van der Waals surface area (Å²) >= 11 is 5.92. The highest BCUT2D eigenvalue weighted by atomic mass is 35.5. The predicted octanol–water partition coefficient (Wildman–Crippen LogP) is 4.05. The van der Waals surface area contributed by atoms with E-state index in [1.165, 1.54) is 11.1 Å². The molecule has 1 aliphatic heterocycles. The summed E-state index contributed by atoms with van der Waals surface area (Å²) in [5.74, 6) is -0.266. The molecule has 0 aliphatic carbocycles. The number of benzene rings is 2. The zero-order chi connectivity index (χ0) is 23.1. The SMILES string of the molecule is O=C(c1ccnc2ccccc12)N1CCN(S(=O)(=O)c2cc(C(F)(F)F)ccc2Cl)CC1. The molecule has 1 aromatic heterocycles. The molecule has 3 aromatic rings. The van der Waals surface area contributed by atoms with Gasteiger partial charge in [0.25, 0.3) is 5.91 Å². The van der Waals surface area contributed by atoms with Gasteiger partial charge in [0.2, 0.25) is 10.0 Å². The van der Waals surface area contributed by atoms with E-state index < -0.39 is 26.7 Å². The lowest BCUT2D eigenvalue weighted by atomic mass is 10.1. The molecule has 1 fully saturated rings. The Morgan fingerprint density at radius 2 is 1.69 bits per heavy atom. The number of aromatic nitrogens is 1. The van der Waals surface area contributed by atoms with Crippen molar-refractivity contribution in [3.63, 3.8) is 0 Å². The Kier molecular flexibility index (Phi) is 5.87. The highest BCUT2D eigenvalue weighted by molar-refractivity contribution is 7.89. The van der Waals surface area contributed by atoms with Crippen molar-refractivity contribution >= 4 is 38.4 Å². The molecule has 0 N–H and O–H groups in total. The van der Waals surface area contributed by atoms with Crippen LogP contribution in [0.3, 0.4) is 0 Å². The van der Waals surface area contributed by atoms with Crippen molar-refractivity contribution < 1.29 is 26.4 Å². The average molecular weight is 484 g/mol. The maximum Gasteiger partial charge on any atom is 0.416 e. The Bertz CT molecular complexity index is 1280. The first-order valence-electron chi connectivity index (χ1n) is 9.59. The van der Waals surface area contributed by atoms with Gasteiger partial charge in [0.15, 0.2) is 0 Å². The van der Waals surface area contributed by atoms with E-state index in [9.17, 15) is 26.4 Å². The Hall–Kier alpha value is -2.69. The zero-order valence-electron chi connectivity index (χ0n) is 16.5. The van der Waals surface area contributed by atoms with Crippen LogP contribution < -0.4 is 0 Å². The van der Waals surface area contributed by atoms with Crippen LogP contribution >= 0.6 is 11.6 Å². The highest BCUT2D eigenvalue weighted by Gasteiger charge is 2.36. The predicted molar refractivity (Wildman–Crippen MR) is 113 cm³/mol. The lowest BCUT2D eigenvalue weighted by Crippen LogP contribution is -2.50. The normalized spacial score (nSPS) is 15.8. The third-order valence-corrected chi connectivity index (χ3v) is 7.66. The van der Waals surface area contributed by atoms with Gasteiger partial charge in [-0.15, -0.1) is 0 Å². The summed E-state index contributed by atoms with van der Waals surface area (Å²) in [7, 11) is -4.27. The third kappa shape index (κ3) is 4.17. The Labute approximate surface area is 187 Å². The maximum atomic E-state index is 13.0. The van der Waals surface area contributed by atoms with Crippen LogP contribution in [0.1, 0.15) is 15.9 Å². The summed E-state index contributed by atoms with van der Waals surface area (Å²) in [5, 5.41) is 0.394. The molecule has 0 atom stereocenters. The van der Waals surface area contributed by atoms with Crippen molar-refractivity contribution in [3.8, 4) is 0 Å². The van der Waals surface area contributed by atoms with Crippen molar-refractivity contribution in [3.05, 3.63) is 70.9 Å². The summed E-state index contributed by atoms with van der Waals surface area (Å²) in [4.78, 5) is 18.2. The second kappa shape index (κ2) is 8.34. The molecule has 2 aromatic carbocycles. The molecule has 0 spiro atoms. The van der Waals surface area contributed by atoms with Gasteiger partial charge in [-0.25, -0.2) is 8.42 Å². The van der Waals surface area contributed by atoms with Crippen LogP contribution in [0.25, 0.3) is 10.9 Å². The molecule has 1 saturated heterocycles. The number of fused-ring (bicyclic) bond motifs is 1. The van der Waals surface area contributed by atoms with Gasteiger partial charge in [-0.2, -0.15) is 17.5 Å². The van der Waals surface area contributed by atoms with Crippen molar-refractivity contribution in [2.24, 2.45) is 0 Å². The number of alkyl halides is 3. The number of pyridine rings is 1. The van der Waals surface area contributed by atoms with Crippen molar-refractivity contribution in [1.29, 1.82) is 0 Å². The number of halogens is 4. The lowest BCUT2D eigenvalue weighted by molar-refractivity contribution is -0.137. The van der Waals surface area contributed by atoms with Crippen LogP contribution in [0, 0.1) is 0 Å². The number of carbonyl (C=O) groups excluding carboxylic acids is 1. The van der Waals surface area contributed by atoms with Gasteiger partial charge >= 0.3 is 6.18 Å². The number of rotatable bonds is 3. The van der Waals surface area contributed by atoms with Crippen molar-refractivity contribution in [2.45, 2.75) is 11.1 Å². The molecule has 0 unspecified atom stereocenters. The molecule has 6 nitrogen and oxygen atoms in total. The van der Waals surface area contributed by atoms with Crippen LogP contribution in [0.4, 0.5) is 13.2 Å². The first kappa shape index (κ1) is 22.5. The molecule has 32 heavy (non-hydrogen) atoms. The second-order valence-electron chi connectivity index (χ2n) is 7.21. The molecule has 168 valence electrons. The van der Waals surface area contributed by atoms with Gasteiger partial charge in [0.1, 0.15) is 4.90 Å². The standard InChI is InChI=1S/C21H17ClF3N3O3S/c22-17-6-5-14(21(23,24)25)13-19(17)32(30,31)28-11-9-27(10-12-28)20(29)16-7-8-26-18-4-2-1-3-15(16)18/h1-8,13H,9-12H2. The molecule has 0 bridgehead atoms. The van der Waals surface area contributed by atoms with E-state index in [1.807, 2.05) is 6.07 Å². The Morgan fingerprint density at radius 1 is 1.00 bits per heavy atom. The minimum atomic E-state index is -4.70. The number of nitrogens with zero attached hydrogens (tertiary/aromatic N) is 3. The fraction of sp³-hybridized carbons (Fsp3) is 0.238. The Balaban J connectivity index is 1.54. The van der Waals surface area contributed by atoms with Gasteiger partial charge < -0.3 is 4.90 Å². The molecule has 11 heteroatoms. The number of hydrogen-bond acceptors (Lipinski definition) is 4. The number of amides is 1. The van der Waals surface area contributed by atoms with Gasteiger partial charge in [-0.3, -0.25) is 9.78 Å². The van der Waals surface area contributed by atoms with Crippen LogP contribution in [-0.4, -0.2) is 54.7 Å². The number of para-hydroxylation sites is 1. The van der Waals surface area contributed by atoms with E-state index in [0.29, 0.717) is 22.5 Å². The summed E-state index contributed by atoms with van der Waals surface area (Å²) in [6.07, 6.45) is -3.17. The lowest BCUT2D eigenvalue weighted by Gasteiger charge is -2.34. The van der Waals surface area contributed by atoms with Gasteiger partial charge in [0, 0.05) is 37.8 Å². The van der Waals surface area contributed by atoms with Crippen LogP contribution in [0.15, 0.2) is 59.6 Å². The quantitative estimate of drug-likeness (QED) is 0.563. The van der Waals surface area contributed by atoms with Crippen LogP contribution in [-0.2, 0) is 16.2 Å². The number of piperazine rings is 1. The van der Waals surface area contributed by atoms with E-state index in [2.05, 4.69) is 4.98 Å². The Morgan fingerprint density at radius 3 is 2.38 bits per heavy atom. The molecular weight excluding hydrogens is 467 g/mol.